The molecule has 2 N–H and O–H groups in total. The molecule has 22 heavy (non-hydrogen) atoms. The third-order valence-corrected chi connectivity index (χ3v) is 3.50. The van der Waals surface area contributed by atoms with Crippen LogP contribution in [0.2, 0.25) is 0 Å². The summed E-state index contributed by atoms with van der Waals surface area (Å²) < 4.78 is 10.5. The second kappa shape index (κ2) is 9.27. The lowest BCUT2D eigenvalue weighted by Crippen LogP contribution is -2.37. The van der Waals surface area contributed by atoms with E-state index in [-0.39, 0.29) is 6.03 Å². The number of carbonyl (C=O) groups excluding carboxylic acids is 1. The molecule has 1 saturated heterocycles. The average molecular weight is 307 g/mol. The summed E-state index contributed by atoms with van der Waals surface area (Å²) in [4.78, 5) is 13.9. The average Bonchev–Trinajstić information content (AvgIpc) is 2.58. The number of hydrogen-bond donors (Lipinski definition) is 2. The maximum atomic E-state index is 11.6. The van der Waals surface area contributed by atoms with Crippen molar-refractivity contribution in [1.29, 1.82) is 0 Å². The van der Waals surface area contributed by atoms with Gasteiger partial charge in [-0.1, -0.05) is 12.1 Å². The molecule has 1 aromatic rings. The van der Waals surface area contributed by atoms with Gasteiger partial charge in [-0.2, -0.15) is 0 Å². The van der Waals surface area contributed by atoms with Crippen molar-refractivity contribution in [3.05, 3.63) is 29.8 Å². The number of amides is 2. The van der Waals surface area contributed by atoms with Crippen molar-refractivity contribution in [3.8, 4) is 0 Å². The van der Waals surface area contributed by atoms with Crippen LogP contribution >= 0.6 is 0 Å². The van der Waals surface area contributed by atoms with Gasteiger partial charge < -0.3 is 25.0 Å². The van der Waals surface area contributed by atoms with Crippen LogP contribution in [0.4, 0.5) is 10.5 Å². The Kier molecular flexibility index (Phi) is 6.99. The highest BCUT2D eigenvalue weighted by molar-refractivity contribution is 5.73. The first kappa shape index (κ1) is 16.6. The summed E-state index contributed by atoms with van der Waals surface area (Å²) in [6.45, 7) is 7.60. The molecule has 0 bridgehead atoms. The fourth-order valence-corrected chi connectivity index (χ4v) is 2.27. The minimum Gasteiger partial charge on any atom is -0.380 e. The first-order valence-electron chi connectivity index (χ1n) is 7.80. The molecule has 0 radical (unpaired) electrons. The first-order chi connectivity index (χ1) is 10.8. The highest BCUT2D eigenvalue weighted by Crippen LogP contribution is 2.16. The molecule has 2 rings (SSSR count). The van der Waals surface area contributed by atoms with Crippen LogP contribution in [0.1, 0.15) is 12.5 Å². The molecule has 0 aliphatic carbocycles. The van der Waals surface area contributed by atoms with Gasteiger partial charge in [0.25, 0.3) is 0 Å². The van der Waals surface area contributed by atoms with Crippen molar-refractivity contribution in [3.63, 3.8) is 0 Å². The van der Waals surface area contributed by atoms with Gasteiger partial charge in [0, 0.05) is 38.5 Å². The van der Waals surface area contributed by atoms with Crippen molar-refractivity contribution in [2.75, 3.05) is 51.0 Å². The highest BCUT2D eigenvalue weighted by atomic mass is 16.5. The van der Waals surface area contributed by atoms with Crippen LogP contribution in [-0.2, 0) is 16.0 Å². The molecular formula is C16H25N3O3. The summed E-state index contributed by atoms with van der Waals surface area (Å²) in [5, 5.41) is 5.59. The molecule has 6 nitrogen and oxygen atoms in total. The van der Waals surface area contributed by atoms with Crippen LogP contribution in [0.25, 0.3) is 0 Å². The zero-order valence-corrected chi connectivity index (χ0v) is 13.1. The normalized spacial score (nSPS) is 14.7. The lowest BCUT2D eigenvalue weighted by molar-refractivity contribution is 0.122. The number of benzene rings is 1. The number of nitrogens with zero attached hydrogens (tertiary/aromatic N) is 1. The fourth-order valence-electron chi connectivity index (χ4n) is 2.27. The molecule has 1 fully saturated rings. The van der Waals surface area contributed by atoms with Crippen LogP contribution in [-0.4, -0.2) is 52.1 Å². The van der Waals surface area contributed by atoms with E-state index in [1.54, 1.807) is 0 Å². The van der Waals surface area contributed by atoms with Crippen molar-refractivity contribution >= 4 is 11.7 Å². The molecule has 0 atom stereocenters. The Morgan fingerprint density at radius 2 is 1.95 bits per heavy atom. The molecule has 1 heterocycles. The molecule has 122 valence electrons. The van der Waals surface area contributed by atoms with E-state index in [1.807, 2.05) is 19.1 Å². The van der Waals surface area contributed by atoms with Crippen molar-refractivity contribution < 1.29 is 14.3 Å². The molecule has 0 spiro atoms. The molecule has 2 amide bonds. The van der Waals surface area contributed by atoms with Gasteiger partial charge in [-0.05, 0) is 24.6 Å². The van der Waals surface area contributed by atoms with E-state index in [4.69, 9.17) is 9.47 Å². The lowest BCUT2D eigenvalue weighted by Gasteiger charge is -2.28. The van der Waals surface area contributed by atoms with E-state index in [1.165, 1.54) is 5.69 Å². The number of carbonyl (C=O) groups is 1. The number of rotatable bonds is 7. The summed E-state index contributed by atoms with van der Waals surface area (Å²) in [6.07, 6.45) is 0. The zero-order valence-electron chi connectivity index (χ0n) is 13.1. The number of ether oxygens (including phenoxy) is 2. The second-order valence-corrected chi connectivity index (χ2v) is 5.07. The molecule has 0 aromatic heterocycles. The van der Waals surface area contributed by atoms with Gasteiger partial charge in [-0.15, -0.1) is 0 Å². The van der Waals surface area contributed by atoms with Gasteiger partial charge in [-0.3, -0.25) is 0 Å². The summed E-state index contributed by atoms with van der Waals surface area (Å²) in [7, 11) is 0. The number of urea groups is 1. The predicted molar refractivity (Wildman–Crippen MR) is 86.2 cm³/mol. The van der Waals surface area contributed by atoms with Gasteiger partial charge in [0.2, 0.25) is 0 Å². The maximum Gasteiger partial charge on any atom is 0.315 e. The standard InChI is InChI=1S/C16H25N3O3/c1-2-21-10-7-17-16(20)18-13-14-3-5-15(6-4-14)19-8-11-22-12-9-19/h3-6H,2,7-13H2,1H3,(H2,17,18,20). The van der Waals surface area contributed by atoms with Gasteiger partial charge in [0.15, 0.2) is 0 Å². The van der Waals surface area contributed by atoms with E-state index >= 15 is 0 Å². The quantitative estimate of drug-likeness (QED) is 0.747. The topological polar surface area (TPSA) is 62.8 Å². The summed E-state index contributed by atoms with van der Waals surface area (Å²) in [6, 6.07) is 8.11. The molecule has 1 aliphatic heterocycles. The van der Waals surface area contributed by atoms with E-state index in [0.717, 1.165) is 31.9 Å². The van der Waals surface area contributed by atoms with Gasteiger partial charge in [-0.25, -0.2) is 4.79 Å². The van der Waals surface area contributed by atoms with Gasteiger partial charge in [0.1, 0.15) is 0 Å². The minimum atomic E-state index is -0.169. The number of morpholine rings is 1. The zero-order chi connectivity index (χ0) is 15.6. The Hall–Kier alpha value is -1.79. The molecule has 6 heteroatoms. The Bertz CT molecular complexity index is 444. The van der Waals surface area contributed by atoms with Gasteiger partial charge >= 0.3 is 6.03 Å². The third-order valence-electron chi connectivity index (χ3n) is 3.50. The monoisotopic (exact) mass is 307 g/mol. The van der Waals surface area contributed by atoms with Crippen molar-refractivity contribution in [1.82, 2.24) is 10.6 Å². The Morgan fingerprint density at radius 1 is 1.23 bits per heavy atom. The predicted octanol–water partition coefficient (Wildman–Crippen LogP) is 1.36. The Morgan fingerprint density at radius 3 is 2.64 bits per heavy atom. The molecule has 0 saturated carbocycles. The summed E-state index contributed by atoms with van der Waals surface area (Å²) in [5.74, 6) is 0. The van der Waals surface area contributed by atoms with Crippen LogP contribution < -0.4 is 15.5 Å². The minimum absolute atomic E-state index is 0.169. The van der Waals surface area contributed by atoms with E-state index in [9.17, 15) is 4.79 Å². The Balaban J connectivity index is 1.70. The van der Waals surface area contributed by atoms with Crippen LogP contribution in [0, 0.1) is 0 Å². The lowest BCUT2D eigenvalue weighted by atomic mass is 10.2. The van der Waals surface area contributed by atoms with Crippen molar-refractivity contribution in [2.45, 2.75) is 13.5 Å². The summed E-state index contributed by atoms with van der Waals surface area (Å²) >= 11 is 0. The highest BCUT2D eigenvalue weighted by Gasteiger charge is 2.10. The van der Waals surface area contributed by atoms with E-state index in [2.05, 4.69) is 27.7 Å². The fraction of sp³-hybridized carbons (Fsp3) is 0.562. The molecule has 1 aliphatic rings. The Labute approximate surface area is 131 Å². The van der Waals surface area contributed by atoms with Gasteiger partial charge in [0.05, 0.1) is 19.8 Å². The first-order valence-corrected chi connectivity index (χ1v) is 7.80. The largest absolute Gasteiger partial charge is 0.380 e. The SMILES string of the molecule is CCOCCNC(=O)NCc1ccc(N2CCOCC2)cc1. The third kappa shape index (κ3) is 5.54. The van der Waals surface area contributed by atoms with Crippen LogP contribution in [0.15, 0.2) is 24.3 Å². The molecule has 0 unspecified atom stereocenters. The van der Waals surface area contributed by atoms with Crippen LogP contribution in [0.3, 0.4) is 0 Å². The number of nitrogens with one attached hydrogen (secondary N) is 2. The smallest absolute Gasteiger partial charge is 0.315 e. The summed E-state index contributed by atoms with van der Waals surface area (Å²) in [5.41, 5.74) is 2.28. The number of hydrogen-bond acceptors (Lipinski definition) is 4. The van der Waals surface area contributed by atoms with Crippen molar-refractivity contribution in [2.24, 2.45) is 0 Å². The van der Waals surface area contributed by atoms with E-state index < -0.39 is 0 Å². The van der Waals surface area contributed by atoms with Crippen LogP contribution in [0.5, 0.6) is 0 Å². The molecule has 1 aromatic carbocycles. The maximum absolute atomic E-state index is 11.6. The molecular weight excluding hydrogens is 282 g/mol. The number of anilines is 1. The van der Waals surface area contributed by atoms with E-state index in [0.29, 0.717) is 26.3 Å². The second-order valence-electron chi connectivity index (χ2n) is 5.07.